The number of ketones is 1. The van der Waals surface area contributed by atoms with Crippen LogP contribution in [0.5, 0.6) is 0 Å². The number of allylic oxidation sites excluding steroid dienone is 1. The number of carbonyl (C=O) groups excluding carboxylic acids is 2. The van der Waals surface area contributed by atoms with E-state index in [4.69, 9.17) is 23.2 Å². The lowest BCUT2D eigenvalue weighted by Gasteiger charge is -2.34. The van der Waals surface area contributed by atoms with Crippen LogP contribution in [0, 0.1) is 5.41 Å². The lowest BCUT2D eigenvalue weighted by atomic mass is 9.81. The second-order valence-electron chi connectivity index (χ2n) is 8.03. The Hall–Kier alpha value is -1.85. The Morgan fingerprint density at radius 3 is 2.59 bits per heavy atom. The van der Waals surface area contributed by atoms with Gasteiger partial charge >= 0.3 is 5.97 Å². The highest BCUT2D eigenvalue weighted by Gasteiger charge is 2.40. The van der Waals surface area contributed by atoms with Gasteiger partial charge in [-0.25, -0.2) is 4.79 Å². The van der Waals surface area contributed by atoms with Gasteiger partial charge in [-0.05, 0) is 56.2 Å². The van der Waals surface area contributed by atoms with Crippen LogP contribution in [0.4, 0.5) is 0 Å². The number of carboxylic acids is 1. The summed E-state index contributed by atoms with van der Waals surface area (Å²) in [6, 6.07) is 4.49. The molecule has 1 fully saturated rings. The van der Waals surface area contributed by atoms with Crippen molar-refractivity contribution in [2.75, 3.05) is 6.54 Å². The molecule has 0 aliphatic carbocycles. The maximum Gasteiger partial charge on any atom is 0.326 e. The van der Waals surface area contributed by atoms with E-state index >= 15 is 0 Å². The molecule has 1 saturated heterocycles. The Labute approximate surface area is 181 Å². The van der Waals surface area contributed by atoms with Gasteiger partial charge in [0.2, 0.25) is 5.78 Å². The first-order valence-electron chi connectivity index (χ1n) is 9.83. The van der Waals surface area contributed by atoms with Gasteiger partial charge < -0.3 is 10.0 Å². The summed E-state index contributed by atoms with van der Waals surface area (Å²) in [5.74, 6) is -2.23. The van der Waals surface area contributed by atoms with Crippen LogP contribution in [-0.4, -0.2) is 40.3 Å². The molecule has 5 nitrogen and oxygen atoms in total. The van der Waals surface area contributed by atoms with E-state index in [0.717, 1.165) is 31.2 Å². The zero-order chi connectivity index (χ0) is 21.6. The lowest BCUT2D eigenvalue weighted by Crippen LogP contribution is -2.52. The fraction of sp³-hybridized carbons (Fsp3) is 0.500. The van der Waals surface area contributed by atoms with Crippen LogP contribution < -0.4 is 0 Å². The number of aliphatic carboxylic acids is 1. The zero-order valence-electron chi connectivity index (χ0n) is 16.8. The molecule has 0 spiro atoms. The normalized spacial score (nSPS) is 17.5. The van der Waals surface area contributed by atoms with Crippen molar-refractivity contribution in [1.82, 2.24) is 4.90 Å². The Morgan fingerprint density at radius 2 is 1.93 bits per heavy atom. The fourth-order valence-corrected chi connectivity index (χ4v) is 3.77. The highest BCUT2D eigenvalue weighted by molar-refractivity contribution is 6.42. The first kappa shape index (κ1) is 23.4. The number of amides is 1. The molecule has 0 saturated carbocycles. The monoisotopic (exact) mass is 439 g/mol. The SMILES string of the molecule is CC(C)(CCC/C=C/c1ccc(Cl)c(Cl)c1)C(=O)C(=O)N1CCCCC1C(=O)O. The number of piperidine rings is 1. The van der Waals surface area contributed by atoms with Crippen LogP contribution in [0.1, 0.15) is 57.9 Å². The van der Waals surface area contributed by atoms with Gasteiger partial charge in [-0.2, -0.15) is 0 Å². The number of halogens is 2. The van der Waals surface area contributed by atoms with Crippen LogP contribution >= 0.6 is 23.2 Å². The number of benzene rings is 1. The van der Waals surface area contributed by atoms with Crippen LogP contribution in [0.2, 0.25) is 10.0 Å². The van der Waals surface area contributed by atoms with Gasteiger partial charge in [0.05, 0.1) is 10.0 Å². The Balaban J connectivity index is 1.89. The first-order valence-corrected chi connectivity index (χ1v) is 10.6. The summed E-state index contributed by atoms with van der Waals surface area (Å²) in [6.45, 7) is 3.81. The van der Waals surface area contributed by atoms with Gasteiger partial charge in [0.1, 0.15) is 6.04 Å². The molecule has 0 aromatic heterocycles. The van der Waals surface area contributed by atoms with Crippen molar-refractivity contribution in [2.24, 2.45) is 5.41 Å². The highest BCUT2D eigenvalue weighted by Crippen LogP contribution is 2.28. The largest absolute Gasteiger partial charge is 0.480 e. The molecule has 7 heteroatoms. The average molecular weight is 440 g/mol. The van der Waals surface area contributed by atoms with E-state index in [-0.39, 0.29) is 0 Å². The fourth-order valence-electron chi connectivity index (χ4n) is 3.46. The Morgan fingerprint density at radius 1 is 1.21 bits per heavy atom. The summed E-state index contributed by atoms with van der Waals surface area (Å²) in [4.78, 5) is 38.1. The summed E-state index contributed by atoms with van der Waals surface area (Å²) in [6.07, 6.45) is 7.81. The first-order chi connectivity index (χ1) is 13.6. The van der Waals surface area contributed by atoms with Crippen molar-refractivity contribution in [2.45, 2.75) is 58.4 Å². The molecular formula is C22H27Cl2NO4. The maximum atomic E-state index is 12.8. The van der Waals surface area contributed by atoms with Gasteiger partial charge in [-0.1, -0.05) is 55.3 Å². The van der Waals surface area contributed by atoms with E-state index in [0.29, 0.717) is 29.4 Å². The third kappa shape index (κ3) is 6.31. The summed E-state index contributed by atoms with van der Waals surface area (Å²) in [5, 5.41) is 10.3. The molecule has 1 amide bonds. The molecule has 1 N–H and O–H groups in total. The average Bonchev–Trinajstić information content (AvgIpc) is 2.69. The van der Waals surface area contributed by atoms with Gasteiger partial charge in [0, 0.05) is 12.0 Å². The number of unbranched alkanes of at least 4 members (excludes halogenated alkanes) is 1. The summed E-state index contributed by atoms with van der Waals surface area (Å²) in [5.41, 5.74) is 0.101. The molecule has 1 aliphatic rings. The predicted molar refractivity (Wildman–Crippen MR) is 115 cm³/mol. The number of Topliss-reactive ketones (excluding diaryl/α,β-unsaturated/α-hetero) is 1. The summed E-state index contributed by atoms with van der Waals surface area (Å²) >= 11 is 11.9. The van der Waals surface area contributed by atoms with E-state index < -0.39 is 29.1 Å². The van der Waals surface area contributed by atoms with Crippen molar-refractivity contribution in [3.05, 3.63) is 39.9 Å². The quantitative estimate of drug-likeness (QED) is 0.443. The highest BCUT2D eigenvalue weighted by atomic mass is 35.5. The topological polar surface area (TPSA) is 74.7 Å². The Bertz CT molecular complexity index is 804. The van der Waals surface area contributed by atoms with Crippen molar-refractivity contribution >= 4 is 46.9 Å². The van der Waals surface area contributed by atoms with Gasteiger partial charge in [-0.3, -0.25) is 9.59 Å². The van der Waals surface area contributed by atoms with E-state index in [1.54, 1.807) is 26.0 Å². The van der Waals surface area contributed by atoms with Crippen molar-refractivity contribution in [3.63, 3.8) is 0 Å². The summed E-state index contributed by atoms with van der Waals surface area (Å²) in [7, 11) is 0. The third-order valence-corrected chi connectivity index (χ3v) is 6.02. The Kier molecular flexibility index (Phi) is 8.29. The maximum absolute atomic E-state index is 12.8. The van der Waals surface area contributed by atoms with E-state index in [9.17, 15) is 19.5 Å². The van der Waals surface area contributed by atoms with Gasteiger partial charge in [-0.15, -0.1) is 0 Å². The van der Waals surface area contributed by atoms with Crippen LogP contribution in [-0.2, 0) is 14.4 Å². The molecule has 1 unspecified atom stereocenters. The minimum atomic E-state index is -1.05. The minimum absolute atomic E-state index is 0.323. The molecule has 1 atom stereocenters. The molecule has 29 heavy (non-hydrogen) atoms. The standard InChI is InChI=1S/C22H27Cl2NO4/c1-22(2,12-6-3-4-8-15-10-11-16(23)17(24)14-15)19(26)20(27)25-13-7-5-9-18(25)21(28)29/h4,8,10-11,14,18H,3,5-7,9,12-13H2,1-2H3,(H,28,29)/b8-4+. The molecule has 1 aliphatic heterocycles. The molecule has 0 bridgehead atoms. The smallest absolute Gasteiger partial charge is 0.326 e. The van der Waals surface area contributed by atoms with Crippen molar-refractivity contribution in [1.29, 1.82) is 0 Å². The van der Waals surface area contributed by atoms with Gasteiger partial charge in [0.25, 0.3) is 5.91 Å². The number of hydrogen-bond acceptors (Lipinski definition) is 3. The van der Waals surface area contributed by atoms with Crippen molar-refractivity contribution in [3.8, 4) is 0 Å². The molecular weight excluding hydrogens is 413 g/mol. The number of rotatable bonds is 8. The number of nitrogens with zero attached hydrogens (tertiary/aromatic N) is 1. The molecule has 2 rings (SSSR count). The van der Waals surface area contributed by atoms with E-state index in [1.807, 2.05) is 18.2 Å². The predicted octanol–water partition coefficient (Wildman–Crippen LogP) is 5.24. The molecule has 158 valence electrons. The minimum Gasteiger partial charge on any atom is -0.480 e. The number of likely N-dealkylation sites (tertiary alicyclic amines) is 1. The van der Waals surface area contributed by atoms with Crippen LogP contribution in [0.25, 0.3) is 6.08 Å². The van der Waals surface area contributed by atoms with E-state index in [2.05, 4.69) is 0 Å². The second-order valence-corrected chi connectivity index (χ2v) is 8.84. The number of carbonyl (C=O) groups is 3. The lowest BCUT2D eigenvalue weighted by molar-refractivity contribution is -0.158. The van der Waals surface area contributed by atoms with Crippen LogP contribution in [0.15, 0.2) is 24.3 Å². The molecule has 0 radical (unpaired) electrons. The van der Waals surface area contributed by atoms with E-state index in [1.165, 1.54) is 4.90 Å². The number of hydrogen-bond donors (Lipinski definition) is 1. The molecule has 1 aromatic carbocycles. The van der Waals surface area contributed by atoms with Crippen molar-refractivity contribution < 1.29 is 19.5 Å². The molecule has 1 heterocycles. The van der Waals surface area contributed by atoms with Crippen LogP contribution in [0.3, 0.4) is 0 Å². The number of carboxylic acid groups (broad SMARTS) is 1. The second kappa shape index (κ2) is 10.3. The zero-order valence-corrected chi connectivity index (χ0v) is 18.3. The van der Waals surface area contributed by atoms with Gasteiger partial charge in [0.15, 0.2) is 0 Å². The third-order valence-electron chi connectivity index (χ3n) is 5.28. The summed E-state index contributed by atoms with van der Waals surface area (Å²) < 4.78 is 0. The molecule has 1 aromatic rings.